The number of sulfonamides is 1. The van der Waals surface area contributed by atoms with Gasteiger partial charge < -0.3 is 19.1 Å². The van der Waals surface area contributed by atoms with Gasteiger partial charge >= 0.3 is 18.2 Å². The molecular formula is C38H50Cl2N6O8S. The Kier molecular flexibility index (Phi) is 13.3. The number of hydrogen-bond acceptors (Lipinski definition) is 11. The largest absolute Gasteiger partial charge is 0.459 e. The summed E-state index contributed by atoms with van der Waals surface area (Å²) in [5.74, 6) is 0.339. The first-order chi connectivity index (χ1) is 25.3. The van der Waals surface area contributed by atoms with Gasteiger partial charge in [-0.3, -0.25) is 13.7 Å². The van der Waals surface area contributed by atoms with Gasteiger partial charge in [-0.25, -0.2) is 22.9 Å². The average molecular weight is 822 g/mol. The van der Waals surface area contributed by atoms with Gasteiger partial charge in [0.05, 0.1) is 11.2 Å². The van der Waals surface area contributed by atoms with Gasteiger partial charge in [0.1, 0.15) is 28.6 Å². The second kappa shape index (κ2) is 16.8. The van der Waals surface area contributed by atoms with Crippen molar-refractivity contribution in [2.45, 2.75) is 97.2 Å². The third kappa shape index (κ3) is 12.1. The number of hydrogen-bond donors (Lipinski definition) is 0. The molecule has 1 atom stereocenters. The molecule has 0 aliphatic heterocycles. The van der Waals surface area contributed by atoms with Crippen LogP contribution in [0, 0.1) is 0 Å². The number of imide groups is 1. The van der Waals surface area contributed by atoms with E-state index in [9.17, 15) is 22.8 Å². The van der Waals surface area contributed by atoms with E-state index in [-0.39, 0.29) is 28.7 Å². The van der Waals surface area contributed by atoms with Crippen molar-refractivity contribution < 1.29 is 37.0 Å². The van der Waals surface area contributed by atoms with Crippen molar-refractivity contribution in [1.82, 2.24) is 19.7 Å². The van der Waals surface area contributed by atoms with Gasteiger partial charge in [-0.1, -0.05) is 23.2 Å². The molecule has 0 saturated carbocycles. The lowest BCUT2D eigenvalue weighted by Crippen LogP contribution is -2.44. The lowest BCUT2D eigenvalue weighted by atomic mass is 10.2. The molecule has 2 heterocycles. The fourth-order valence-corrected chi connectivity index (χ4v) is 7.98. The van der Waals surface area contributed by atoms with Crippen LogP contribution in [0.15, 0.2) is 64.8 Å². The summed E-state index contributed by atoms with van der Waals surface area (Å²) < 4.78 is 47.3. The number of benzene rings is 1. The van der Waals surface area contributed by atoms with Crippen LogP contribution >= 0.6 is 23.2 Å². The zero-order valence-electron chi connectivity index (χ0n) is 32.9. The van der Waals surface area contributed by atoms with Crippen molar-refractivity contribution >= 4 is 73.8 Å². The predicted molar refractivity (Wildman–Crippen MR) is 214 cm³/mol. The van der Waals surface area contributed by atoms with Crippen LogP contribution in [-0.4, -0.2) is 95.0 Å². The third-order valence-electron chi connectivity index (χ3n) is 7.76. The highest BCUT2D eigenvalue weighted by molar-refractivity contribution is 7.93. The van der Waals surface area contributed by atoms with Gasteiger partial charge in [-0.15, -0.1) is 10.2 Å². The Hall–Kier alpha value is -4.34. The maximum absolute atomic E-state index is 14.0. The molecule has 0 saturated heterocycles. The summed E-state index contributed by atoms with van der Waals surface area (Å²) in [6.07, 6.45) is 3.51. The van der Waals surface area contributed by atoms with E-state index in [4.69, 9.17) is 37.4 Å². The summed E-state index contributed by atoms with van der Waals surface area (Å²) in [6, 6.07) is 10.4. The van der Waals surface area contributed by atoms with Crippen molar-refractivity contribution in [3.05, 3.63) is 64.8 Å². The molecule has 0 fully saturated rings. The van der Waals surface area contributed by atoms with Crippen LogP contribution in [0.5, 0.6) is 0 Å². The van der Waals surface area contributed by atoms with E-state index in [1.54, 1.807) is 109 Å². The van der Waals surface area contributed by atoms with E-state index < -0.39 is 56.8 Å². The van der Waals surface area contributed by atoms with Crippen molar-refractivity contribution in [1.29, 1.82) is 0 Å². The third-order valence-corrected chi connectivity index (χ3v) is 10.3. The number of amides is 2. The van der Waals surface area contributed by atoms with Crippen molar-refractivity contribution in [2.24, 2.45) is 0 Å². The summed E-state index contributed by atoms with van der Waals surface area (Å²) in [4.78, 5) is 41.5. The van der Waals surface area contributed by atoms with Gasteiger partial charge in [0.15, 0.2) is 11.6 Å². The lowest BCUT2D eigenvalue weighted by molar-refractivity contribution is -0.152. The van der Waals surface area contributed by atoms with Crippen LogP contribution < -0.4 is 9.21 Å². The molecule has 0 bridgehead atoms. The summed E-state index contributed by atoms with van der Waals surface area (Å²) in [7, 11) is -2.37. The molecule has 0 radical (unpaired) electrons. The number of carbonyl (C=O) groups is 3. The number of carbonyl (C=O) groups excluding carboxylic acids is 3. The number of aromatic nitrogens is 3. The Balaban J connectivity index is 1.52. The van der Waals surface area contributed by atoms with Crippen molar-refractivity contribution in [2.75, 3.05) is 35.9 Å². The molecule has 1 aliphatic carbocycles. The Morgan fingerprint density at radius 2 is 1.47 bits per heavy atom. The van der Waals surface area contributed by atoms with Crippen molar-refractivity contribution in [3.63, 3.8) is 0 Å². The fourth-order valence-electron chi connectivity index (χ4n) is 5.47. The number of anilines is 2. The summed E-state index contributed by atoms with van der Waals surface area (Å²) >= 11 is 12.4. The normalized spacial score (nSPS) is 15.2. The van der Waals surface area contributed by atoms with Crippen LogP contribution in [0.3, 0.4) is 0 Å². The van der Waals surface area contributed by atoms with Crippen LogP contribution in [0.4, 0.5) is 21.1 Å². The van der Waals surface area contributed by atoms with Gasteiger partial charge in [0.25, 0.3) is 0 Å². The number of rotatable bonds is 11. The number of halogens is 2. The molecule has 300 valence electrons. The maximum Gasteiger partial charge on any atom is 0.419 e. The van der Waals surface area contributed by atoms with Gasteiger partial charge in [0, 0.05) is 48.2 Å². The monoisotopic (exact) mass is 820 g/mol. The molecule has 2 aromatic heterocycles. The fraction of sp³-hybridized carbons (Fsp3) is 0.500. The van der Waals surface area contributed by atoms with Crippen LogP contribution in [0.1, 0.15) is 75.2 Å². The first kappa shape index (κ1) is 43.4. The van der Waals surface area contributed by atoms with E-state index in [0.717, 1.165) is 9.21 Å². The smallest absolute Gasteiger partial charge is 0.419 e. The number of nitrogens with zero attached hydrogens (tertiary/aromatic N) is 6. The maximum atomic E-state index is 14.0. The van der Waals surface area contributed by atoms with Crippen LogP contribution in [-0.2, 0) is 29.0 Å². The average Bonchev–Trinajstić information content (AvgIpc) is 3.46. The molecular weight excluding hydrogens is 771 g/mol. The van der Waals surface area contributed by atoms with Gasteiger partial charge in [-0.2, -0.15) is 0 Å². The first-order valence-electron chi connectivity index (χ1n) is 17.7. The van der Waals surface area contributed by atoms with E-state index in [2.05, 4.69) is 10.2 Å². The second-order valence-electron chi connectivity index (χ2n) is 16.1. The van der Waals surface area contributed by atoms with Crippen LogP contribution in [0.2, 0.25) is 0 Å². The molecule has 17 heteroatoms. The molecule has 1 aromatic carbocycles. The molecule has 1 unspecified atom stereocenters. The number of esters is 1. The molecule has 55 heavy (non-hydrogen) atoms. The van der Waals surface area contributed by atoms with Crippen LogP contribution in [0.25, 0.3) is 16.7 Å². The number of allylic oxidation sites excluding steroid dienone is 3. The van der Waals surface area contributed by atoms with Crippen molar-refractivity contribution in [3.8, 4) is 5.82 Å². The molecule has 0 N–H and O–H groups in total. The quantitative estimate of drug-likeness (QED) is 0.137. The zero-order chi connectivity index (χ0) is 41.1. The number of ether oxygens (including phenoxy) is 3. The highest BCUT2D eigenvalue weighted by Gasteiger charge is 2.36. The minimum atomic E-state index is -4.19. The van der Waals surface area contributed by atoms with Gasteiger partial charge in [-0.05, 0) is 117 Å². The molecule has 3 aromatic rings. The number of fused-ring (bicyclic) bond motifs is 1. The Morgan fingerprint density at radius 3 is 2.02 bits per heavy atom. The summed E-state index contributed by atoms with van der Waals surface area (Å²) in [5, 5.41) is 8.88. The Bertz CT molecular complexity index is 2030. The second-order valence-corrected chi connectivity index (χ2v) is 19.1. The first-order valence-corrected chi connectivity index (χ1v) is 20.0. The Morgan fingerprint density at radius 1 is 0.855 bits per heavy atom. The molecule has 4 rings (SSSR count). The standard InChI is InChI=1S/C38H50Cl2N6O8S/c1-36(2,3)52-33(47)24-46(55(50,51)29-22-26(39)21-27(40)23-29)28-12-13-30-25(20-28)16-19-44(30)32-15-14-31(41-42-32)43(10)17-11-18-45(34(48)53-37(4,5)6)35(49)54-38(7,8)9/h12-16,19-22,29H,11,17-18,23-24H2,1-10H3. The minimum Gasteiger partial charge on any atom is -0.459 e. The van der Waals surface area contributed by atoms with E-state index >= 15 is 0 Å². The molecule has 14 nitrogen and oxygen atoms in total. The van der Waals surface area contributed by atoms with E-state index in [0.29, 0.717) is 35.5 Å². The molecule has 0 spiro atoms. The SMILES string of the molecule is CN(CCCN(C(=O)OC(C)(C)C)C(=O)OC(C)(C)C)c1ccc(-n2ccc3cc(N(CC(=O)OC(C)(C)C)S(=O)(=O)C4C=C(Cl)C=C(Cl)C4)ccc32)nn1. The summed E-state index contributed by atoms with van der Waals surface area (Å²) in [6.45, 7) is 15.4. The van der Waals surface area contributed by atoms with E-state index in [1.165, 1.54) is 12.2 Å². The zero-order valence-corrected chi connectivity index (χ0v) is 35.3. The Labute approximate surface area is 333 Å². The topological polar surface area (TPSA) is 153 Å². The highest BCUT2D eigenvalue weighted by Crippen LogP contribution is 2.33. The van der Waals surface area contributed by atoms with Gasteiger partial charge in [0.2, 0.25) is 10.0 Å². The van der Waals surface area contributed by atoms with E-state index in [1.807, 2.05) is 11.9 Å². The molecule has 2 amide bonds. The molecule has 1 aliphatic rings. The minimum absolute atomic E-state index is 0.00398. The highest BCUT2D eigenvalue weighted by atomic mass is 35.5. The summed E-state index contributed by atoms with van der Waals surface area (Å²) in [5.41, 5.74) is -1.45. The lowest BCUT2D eigenvalue weighted by Gasteiger charge is -2.30. The predicted octanol–water partition coefficient (Wildman–Crippen LogP) is 7.91.